The molecule has 1 aliphatic rings. The van der Waals surface area contributed by atoms with Gasteiger partial charge in [-0.25, -0.2) is 0 Å². The van der Waals surface area contributed by atoms with Crippen LogP contribution >= 0.6 is 0 Å². The molecular weight excluding hydrogens is 358 g/mol. The Morgan fingerprint density at radius 2 is 1.96 bits per heavy atom. The fourth-order valence-electron chi connectivity index (χ4n) is 3.24. The van der Waals surface area contributed by atoms with Gasteiger partial charge in [-0.15, -0.1) is 0 Å². The van der Waals surface area contributed by atoms with E-state index in [2.05, 4.69) is 32.2 Å². The van der Waals surface area contributed by atoms with Crippen LogP contribution in [0, 0.1) is 0 Å². The summed E-state index contributed by atoms with van der Waals surface area (Å²) in [6.45, 7) is 8.81. The molecule has 1 amide bonds. The Morgan fingerprint density at radius 1 is 1.25 bits per heavy atom. The van der Waals surface area contributed by atoms with Gasteiger partial charge in [-0.1, -0.05) is 12.1 Å². The second-order valence-corrected chi connectivity index (χ2v) is 7.02. The van der Waals surface area contributed by atoms with Crippen molar-refractivity contribution < 1.29 is 14.1 Å². The fraction of sp³-hybridized carbons (Fsp3) is 0.550. The smallest absolute Gasteiger partial charge is 0.241 e. The van der Waals surface area contributed by atoms with Crippen molar-refractivity contribution >= 4 is 5.91 Å². The standard InChI is InChI=1S/C20H29N5O3/c1-4-9-21-20(26)15(2)25-12-10-24(11-13-25)14-18-22-19(23-28-18)16-5-7-17(27-3)8-6-16/h5-8,15H,4,9-14H2,1-3H3,(H,21,26). The lowest BCUT2D eigenvalue weighted by Gasteiger charge is -2.36. The third-order valence-electron chi connectivity index (χ3n) is 5.06. The van der Waals surface area contributed by atoms with Crippen molar-refractivity contribution in [3.05, 3.63) is 30.2 Å². The third kappa shape index (κ3) is 5.08. The van der Waals surface area contributed by atoms with Gasteiger partial charge in [0.05, 0.1) is 19.7 Å². The molecule has 8 heteroatoms. The van der Waals surface area contributed by atoms with Gasteiger partial charge in [0.15, 0.2) is 0 Å². The van der Waals surface area contributed by atoms with Crippen molar-refractivity contribution in [1.82, 2.24) is 25.3 Å². The lowest BCUT2D eigenvalue weighted by atomic mass is 10.2. The summed E-state index contributed by atoms with van der Waals surface area (Å²) in [5, 5.41) is 7.06. The largest absolute Gasteiger partial charge is 0.497 e. The fourth-order valence-corrected chi connectivity index (χ4v) is 3.24. The molecule has 1 aromatic carbocycles. The van der Waals surface area contributed by atoms with Crippen LogP contribution in [0.15, 0.2) is 28.8 Å². The Bertz CT molecular complexity index is 753. The molecule has 0 spiro atoms. The maximum absolute atomic E-state index is 12.1. The number of amides is 1. The summed E-state index contributed by atoms with van der Waals surface area (Å²) in [7, 11) is 1.64. The summed E-state index contributed by atoms with van der Waals surface area (Å²) in [4.78, 5) is 21.1. The first-order valence-corrected chi connectivity index (χ1v) is 9.81. The van der Waals surface area contributed by atoms with Crippen molar-refractivity contribution in [3.8, 4) is 17.1 Å². The number of rotatable bonds is 8. The van der Waals surface area contributed by atoms with Crippen molar-refractivity contribution in [1.29, 1.82) is 0 Å². The Morgan fingerprint density at radius 3 is 2.61 bits per heavy atom. The number of hydrogen-bond donors (Lipinski definition) is 1. The van der Waals surface area contributed by atoms with Crippen LogP contribution in [0.2, 0.25) is 0 Å². The maximum Gasteiger partial charge on any atom is 0.241 e. The van der Waals surface area contributed by atoms with Gasteiger partial charge in [0.2, 0.25) is 17.6 Å². The number of benzene rings is 1. The van der Waals surface area contributed by atoms with Crippen molar-refractivity contribution in [2.24, 2.45) is 0 Å². The van der Waals surface area contributed by atoms with E-state index in [4.69, 9.17) is 9.26 Å². The van der Waals surface area contributed by atoms with Crippen LogP contribution in [0.25, 0.3) is 11.4 Å². The monoisotopic (exact) mass is 387 g/mol. The first-order chi connectivity index (χ1) is 13.6. The highest BCUT2D eigenvalue weighted by atomic mass is 16.5. The minimum Gasteiger partial charge on any atom is -0.497 e. The topological polar surface area (TPSA) is 83.7 Å². The molecule has 1 saturated heterocycles. The van der Waals surface area contributed by atoms with E-state index in [1.165, 1.54) is 0 Å². The molecule has 1 unspecified atom stereocenters. The van der Waals surface area contributed by atoms with Crippen LogP contribution in [0.3, 0.4) is 0 Å². The van der Waals surface area contributed by atoms with E-state index in [0.717, 1.165) is 50.5 Å². The minimum atomic E-state index is -0.0984. The number of nitrogens with zero attached hydrogens (tertiary/aromatic N) is 4. The molecular formula is C20H29N5O3. The summed E-state index contributed by atoms with van der Waals surface area (Å²) in [6, 6.07) is 7.48. The van der Waals surface area contributed by atoms with Gasteiger partial charge < -0.3 is 14.6 Å². The predicted molar refractivity (Wildman–Crippen MR) is 106 cm³/mol. The zero-order valence-electron chi connectivity index (χ0n) is 16.9. The lowest BCUT2D eigenvalue weighted by Crippen LogP contribution is -2.53. The highest BCUT2D eigenvalue weighted by Crippen LogP contribution is 2.20. The highest BCUT2D eigenvalue weighted by molar-refractivity contribution is 5.81. The van der Waals surface area contributed by atoms with Crippen LogP contribution in [0.4, 0.5) is 0 Å². The quantitative estimate of drug-likeness (QED) is 0.739. The highest BCUT2D eigenvalue weighted by Gasteiger charge is 2.26. The number of hydrogen-bond acceptors (Lipinski definition) is 7. The van der Waals surface area contributed by atoms with Gasteiger partial charge in [-0.2, -0.15) is 4.98 Å². The van der Waals surface area contributed by atoms with Crippen LogP contribution in [-0.4, -0.2) is 71.7 Å². The van der Waals surface area contributed by atoms with Crippen LogP contribution in [0.1, 0.15) is 26.2 Å². The molecule has 2 heterocycles. The van der Waals surface area contributed by atoms with Crippen molar-refractivity contribution in [2.75, 3.05) is 39.8 Å². The Labute approximate surface area is 165 Å². The molecule has 0 bridgehead atoms. The summed E-state index contributed by atoms with van der Waals surface area (Å²) in [5.74, 6) is 2.09. The summed E-state index contributed by atoms with van der Waals surface area (Å²) in [6.07, 6.45) is 0.953. The van der Waals surface area contributed by atoms with E-state index in [1.54, 1.807) is 7.11 Å². The first-order valence-electron chi connectivity index (χ1n) is 9.81. The van der Waals surface area contributed by atoms with E-state index in [1.807, 2.05) is 31.2 Å². The van der Waals surface area contributed by atoms with Gasteiger partial charge in [-0.05, 0) is 37.6 Å². The number of nitrogens with one attached hydrogen (secondary N) is 1. The molecule has 1 aromatic heterocycles. The zero-order chi connectivity index (χ0) is 19.9. The first kappa shape index (κ1) is 20.3. The average Bonchev–Trinajstić information content (AvgIpc) is 3.20. The second kappa shape index (κ2) is 9.66. The molecule has 0 saturated carbocycles. The van der Waals surface area contributed by atoms with Gasteiger partial charge in [0.25, 0.3) is 0 Å². The minimum absolute atomic E-state index is 0.0984. The van der Waals surface area contributed by atoms with E-state index in [-0.39, 0.29) is 11.9 Å². The van der Waals surface area contributed by atoms with E-state index < -0.39 is 0 Å². The number of carbonyl (C=O) groups is 1. The van der Waals surface area contributed by atoms with Gasteiger partial charge in [0, 0.05) is 38.3 Å². The van der Waals surface area contributed by atoms with E-state index in [9.17, 15) is 4.79 Å². The lowest BCUT2D eigenvalue weighted by molar-refractivity contribution is -0.126. The van der Waals surface area contributed by atoms with Gasteiger partial charge in [0.1, 0.15) is 5.75 Å². The van der Waals surface area contributed by atoms with Gasteiger partial charge in [-0.3, -0.25) is 14.6 Å². The molecule has 1 fully saturated rings. The zero-order valence-corrected chi connectivity index (χ0v) is 16.9. The molecule has 1 N–H and O–H groups in total. The Hall–Kier alpha value is -2.45. The average molecular weight is 387 g/mol. The molecule has 1 aliphatic heterocycles. The predicted octanol–water partition coefficient (Wildman–Crippen LogP) is 1.78. The molecule has 1 atom stereocenters. The molecule has 2 aromatic rings. The maximum atomic E-state index is 12.1. The molecule has 0 radical (unpaired) electrons. The van der Waals surface area contributed by atoms with E-state index >= 15 is 0 Å². The number of aromatic nitrogens is 2. The third-order valence-corrected chi connectivity index (χ3v) is 5.06. The molecule has 28 heavy (non-hydrogen) atoms. The van der Waals surface area contributed by atoms with Crippen LogP contribution < -0.4 is 10.1 Å². The molecule has 152 valence electrons. The number of carbonyl (C=O) groups excluding carboxylic acids is 1. The van der Waals surface area contributed by atoms with E-state index in [0.29, 0.717) is 18.3 Å². The molecule has 3 rings (SSSR count). The van der Waals surface area contributed by atoms with Crippen LogP contribution in [-0.2, 0) is 11.3 Å². The number of ether oxygens (including phenoxy) is 1. The number of piperazine rings is 1. The normalized spacial score (nSPS) is 16.7. The molecule has 0 aliphatic carbocycles. The van der Waals surface area contributed by atoms with Gasteiger partial charge >= 0.3 is 0 Å². The molecule has 8 nitrogen and oxygen atoms in total. The Balaban J connectivity index is 1.50. The summed E-state index contributed by atoms with van der Waals surface area (Å²) in [5.41, 5.74) is 0.896. The summed E-state index contributed by atoms with van der Waals surface area (Å²) >= 11 is 0. The number of methoxy groups -OCH3 is 1. The SMILES string of the molecule is CCCNC(=O)C(C)N1CCN(Cc2nc(-c3ccc(OC)cc3)no2)CC1. The van der Waals surface area contributed by atoms with Crippen LogP contribution in [0.5, 0.6) is 5.75 Å². The summed E-state index contributed by atoms with van der Waals surface area (Å²) < 4.78 is 10.6. The Kier molecular flexibility index (Phi) is 7.00. The second-order valence-electron chi connectivity index (χ2n) is 7.02. The van der Waals surface area contributed by atoms with Crippen molar-refractivity contribution in [3.63, 3.8) is 0 Å². The van der Waals surface area contributed by atoms with Crippen molar-refractivity contribution in [2.45, 2.75) is 32.9 Å².